The topological polar surface area (TPSA) is 60.3 Å². The minimum atomic E-state index is -0.426. The zero-order valence-electron chi connectivity index (χ0n) is 14.6. The van der Waals surface area contributed by atoms with Crippen molar-refractivity contribution in [1.82, 2.24) is 4.57 Å². The highest BCUT2D eigenvalue weighted by Gasteiger charge is 2.24. The number of hydrogen-bond donors (Lipinski definition) is 1. The molecule has 0 saturated heterocycles. The van der Waals surface area contributed by atoms with Crippen LogP contribution < -0.4 is 5.32 Å². The number of nitrogens with one attached hydrogen (secondary N) is 1. The maximum absolute atomic E-state index is 12.9. The number of aryl methyl sites for hydroxylation is 1. The second kappa shape index (κ2) is 7.30. The van der Waals surface area contributed by atoms with Crippen molar-refractivity contribution < 1.29 is 14.3 Å². The number of carbonyl (C=O) groups excluding carboxylic acids is 2. The smallest absolute Gasteiger partial charge is 0.341 e. The van der Waals surface area contributed by atoms with E-state index in [1.807, 2.05) is 52.0 Å². The van der Waals surface area contributed by atoms with Gasteiger partial charge in [-0.05, 0) is 35.9 Å². The second-order valence-corrected chi connectivity index (χ2v) is 8.54. The number of carbonyl (C=O) groups is 2. The number of esters is 1. The summed E-state index contributed by atoms with van der Waals surface area (Å²) in [4.78, 5) is 26.4. The van der Waals surface area contributed by atoms with E-state index >= 15 is 0 Å². The van der Waals surface area contributed by atoms with Gasteiger partial charge < -0.3 is 14.6 Å². The van der Waals surface area contributed by atoms with Gasteiger partial charge in [0.05, 0.1) is 16.8 Å². The molecule has 0 saturated carbocycles. The Labute approximate surface area is 167 Å². The van der Waals surface area contributed by atoms with Crippen LogP contribution in [-0.2, 0) is 11.8 Å². The normalized spacial score (nSPS) is 11.0. The van der Waals surface area contributed by atoms with Crippen molar-refractivity contribution in [3.8, 4) is 10.4 Å². The molecule has 4 aromatic rings. The number of anilines is 1. The van der Waals surface area contributed by atoms with Gasteiger partial charge in [0.2, 0.25) is 0 Å². The summed E-state index contributed by atoms with van der Waals surface area (Å²) in [5.74, 6) is -0.670. The molecule has 0 spiro atoms. The molecule has 0 radical (unpaired) electrons. The minimum absolute atomic E-state index is 0.244. The molecule has 4 rings (SSSR count). The Kier molecular flexibility index (Phi) is 4.86. The first kappa shape index (κ1) is 18.0. The Hall–Kier alpha value is -2.42. The number of nitrogens with zero attached hydrogens (tertiary/aromatic N) is 1. The molecule has 0 aliphatic rings. The summed E-state index contributed by atoms with van der Waals surface area (Å²) in [7, 11) is 1.86. The maximum atomic E-state index is 12.9. The molecule has 4 aromatic heterocycles. The highest BCUT2D eigenvalue weighted by molar-refractivity contribution is 7.17. The second-order valence-electron chi connectivity index (χ2n) is 5.76. The lowest BCUT2D eigenvalue weighted by molar-refractivity contribution is 0.0529. The van der Waals surface area contributed by atoms with E-state index in [2.05, 4.69) is 5.32 Å². The van der Waals surface area contributed by atoms with Gasteiger partial charge in [0.15, 0.2) is 0 Å². The molecule has 0 atom stereocenters. The highest BCUT2D eigenvalue weighted by Crippen LogP contribution is 2.38. The Balaban J connectivity index is 1.70. The average molecular weight is 417 g/mol. The molecule has 0 aliphatic heterocycles. The first-order valence-corrected chi connectivity index (χ1v) is 10.9. The average Bonchev–Trinajstić information content (AvgIpc) is 3.40. The van der Waals surface area contributed by atoms with Crippen LogP contribution in [0.3, 0.4) is 0 Å². The maximum Gasteiger partial charge on any atom is 0.341 e. The van der Waals surface area contributed by atoms with Crippen molar-refractivity contribution in [2.75, 3.05) is 11.9 Å². The Bertz CT molecular complexity index is 1120. The lowest BCUT2D eigenvalue weighted by atomic mass is 10.1. The summed E-state index contributed by atoms with van der Waals surface area (Å²) in [5.41, 5.74) is 2.77. The minimum Gasteiger partial charge on any atom is -0.462 e. The lowest BCUT2D eigenvalue weighted by Crippen LogP contribution is -2.17. The zero-order valence-corrected chi connectivity index (χ0v) is 17.1. The van der Waals surface area contributed by atoms with Crippen molar-refractivity contribution in [3.05, 3.63) is 51.7 Å². The molecule has 1 N–H and O–H groups in total. The molecule has 138 valence electrons. The van der Waals surface area contributed by atoms with Crippen LogP contribution in [0.2, 0.25) is 0 Å². The van der Waals surface area contributed by atoms with E-state index in [4.69, 9.17) is 4.74 Å². The lowest BCUT2D eigenvalue weighted by Gasteiger charge is -2.08. The van der Waals surface area contributed by atoms with Gasteiger partial charge in [0.25, 0.3) is 5.91 Å². The molecule has 27 heavy (non-hydrogen) atoms. The molecule has 0 aliphatic carbocycles. The predicted octanol–water partition coefficient (Wildman–Crippen LogP) is 5.46. The molecular formula is C19H16N2O3S3. The van der Waals surface area contributed by atoms with Crippen molar-refractivity contribution in [2.45, 2.75) is 6.92 Å². The van der Waals surface area contributed by atoms with E-state index < -0.39 is 5.97 Å². The third-order valence-corrected chi connectivity index (χ3v) is 6.83. The first-order valence-electron chi connectivity index (χ1n) is 8.27. The van der Waals surface area contributed by atoms with E-state index in [-0.39, 0.29) is 12.5 Å². The number of amides is 1. The van der Waals surface area contributed by atoms with Gasteiger partial charge in [-0.3, -0.25) is 4.79 Å². The molecule has 8 heteroatoms. The number of aromatic nitrogens is 1. The van der Waals surface area contributed by atoms with Gasteiger partial charge in [0, 0.05) is 22.9 Å². The van der Waals surface area contributed by atoms with Crippen LogP contribution in [-0.4, -0.2) is 23.1 Å². The Morgan fingerprint density at radius 2 is 2.04 bits per heavy atom. The van der Waals surface area contributed by atoms with Crippen LogP contribution in [0.25, 0.3) is 20.7 Å². The van der Waals surface area contributed by atoms with E-state index in [9.17, 15) is 9.59 Å². The summed E-state index contributed by atoms with van der Waals surface area (Å²) >= 11 is 4.47. The SMILES string of the molecule is CCOC(=O)c1c(-c2cccs2)csc1NC(=O)c1cc2sccc2n1C. The molecule has 0 bridgehead atoms. The fraction of sp³-hybridized carbons (Fsp3) is 0.158. The van der Waals surface area contributed by atoms with Crippen LogP contribution in [0.15, 0.2) is 40.4 Å². The van der Waals surface area contributed by atoms with Crippen LogP contribution in [0.5, 0.6) is 0 Å². The third-order valence-electron chi connectivity index (χ3n) is 4.18. The quantitative estimate of drug-likeness (QED) is 0.440. The monoisotopic (exact) mass is 416 g/mol. The molecule has 1 amide bonds. The third kappa shape index (κ3) is 3.20. The fourth-order valence-corrected chi connectivity index (χ4v) is 5.52. The number of ether oxygens (including phenoxy) is 1. The van der Waals surface area contributed by atoms with E-state index in [0.717, 1.165) is 20.7 Å². The fourth-order valence-electron chi connectivity index (χ4n) is 2.90. The van der Waals surface area contributed by atoms with E-state index in [1.165, 1.54) is 11.3 Å². The van der Waals surface area contributed by atoms with Crippen molar-refractivity contribution >= 4 is 61.1 Å². The van der Waals surface area contributed by atoms with Gasteiger partial charge >= 0.3 is 5.97 Å². The predicted molar refractivity (Wildman–Crippen MR) is 112 cm³/mol. The van der Waals surface area contributed by atoms with Gasteiger partial charge in [-0.1, -0.05) is 6.07 Å². The highest BCUT2D eigenvalue weighted by atomic mass is 32.1. The summed E-state index contributed by atoms with van der Waals surface area (Å²) in [5, 5.41) is 9.25. The number of fused-ring (bicyclic) bond motifs is 1. The van der Waals surface area contributed by atoms with Crippen molar-refractivity contribution in [1.29, 1.82) is 0 Å². The van der Waals surface area contributed by atoms with Gasteiger partial charge in [-0.15, -0.1) is 34.0 Å². The molecule has 5 nitrogen and oxygen atoms in total. The molecule has 0 unspecified atom stereocenters. The zero-order chi connectivity index (χ0) is 19.0. The number of rotatable bonds is 5. The summed E-state index contributed by atoms with van der Waals surface area (Å²) < 4.78 is 8.14. The molecule has 4 heterocycles. The Morgan fingerprint density at radius 3 is 2.74 bits per heavy atom. The van der Waals surface area contributed by atoms with E-state index in [1.54, 1.807) is 29.6 Å². The van der Waals surface area contributed by atoms with Gasteiger partial charge in [0.1, 0.15) is 16.3 Å². The molecular weight excluding hydrogens is 400 g/mol. The summed E-state index contributed by atoms with van der Waals surface area (Å²) in [6.45, 7) is 2.05. The number of hydrogen-bond acceptors (Lipinski definition) is 6. The largest absolute Gasteiger partial charge is 0.462 e. The van der Waals surface area contributed by atoms with Gasteiger partial charge in [-0.25, -0.2) is 4.79 Å². The van der Waals surface area contributed by atoms with E-state index in [0.29, 0.717) is 16.3 Å². The summed E-state index contributed by atoms with van der Waals surface area (Å²) in [6, 6.07) is 7.74. The number of thiophene rings is 3. The van der Waals surface area contributed by atoms with Crippen molar-refractivity contribution in [3.63, 3.8) is 0 Å². The Morgan fingerprint density at radius 1 is 1.19 bits per heavy atom. The first-order chi connectivity index (χ1) is 13.1. The van der Waals surface area contributed by atoms with Crippen molar-refractivity contribution in [2.24, 2.45) is 7.05 Å². The molecule has 0 fully saturated rings. The van der Waals surface area contributed by atoms with Crippen LogP contribution in [0.1, 0.15) is 27.8 Å². The standard InChI is InChI=1S/C19H16N2O3S3/c1-3-24-19(23)16-11(14-5-4-7-25-14)10-27-18(16)20-17(22)13-9-15-12(21(13)2)6-8-26-15/h4-10H,3H2,1-2H3,(H,20,22). The molecule has 0 aromatic carbocycles. The van der Waals surface area contributed by atoms with Crippen LogP contribution >= 0.6 is 34.0 Å². The van der Waals surface area contributed by atoms with Crippen LogP contribution in [0, 0.1) is 0 Å². The summed E-state index contributed by atoms with van der Waals surface area (Å²) in [6.07, 6.45) is 0. The van der Waals surface area contributed by atoms with Gasteiger partial charge in [-0.2, -0.15) is 0 Å². The van der Waals surface area contributed by atoms with Crippen LogP contribution in [0.4, 0.5) is 5.00 Å².